The lowest BCUT2D eigenvalue weighted by atomic mass is 10.1. The summed E-state index contributed by atoms with van der Waals surface area (Å²) in [7, 11) is 0. The van der Waals surface area contributed by atoms with Crippen molar-refractivity contribution in [2.75, 3.05) is 0 Å². The molecule has 0 saturated heterocycles. The van der Waals surface area contributed by atoms with Gasteiger partial charge in [-0.15, -0.1) is 6.58 Å². The molecule has 0 aliphatic heterocycles. The fourth-order valence-corrected chi connectivity index (χ4v) is 0.893. The summed E-state index contributed by atoms with van der Waals surface area (Å²) in [6.45, 7) is 3.59. The van der Waals surface area contributed by atoms with Crippen LogP contribution in [0.4, 0.5) is 0 Å². The predicted molar refractivity (Wildman–Crippen MR) is 33.5 cm³/mol. The summed E-state index contributed by atoms with van der Waals surface area (Å²) in [6, 6.07) is 0. The van der Waals surface area contributed by atoms with E-state index in [0.29, 0.717) is 0 Å². The Kier molecular flexibility index (Phi) is 1.49. The predicted octanol–water partition coefficient (Wildman–Crippen LogP) is 1.11. The largest absolute Gasteiger partial charge is 0.388 e. The number of allylic oxidation sites excluding steroid dienone is 1. The number of hydrogen-bond acceptors (Lipinski definition) is 1. The van der Waals surface area contributed by atoms with Gasteiger partial charge in [-0.2, -0.15) is 0 Å². The molecule has 0 fully saturated rings. The van der Waals surface area contributed by atoms with Gasteiger partial charge in [-0.25, -0.2) is 0 Å². The maximum Gasteiger partial charge on any atom is 0.0786 e. The van der Waals surface area contributed by atoms with E-state index in [9.17, 15) is 0 Å². The molecule has 0 amide bonds. The van der Waals surface area contributed by atoms with Gasteiger partial charge >= 0.3 is 0 Å². The van der Waals surface area contributed by atoms with E-state index in [0.717, 1.165) is 6.42 Å². The molecule has 1 heteroatoms. The Bertz CT molecular complexity index is 116. The van der Waals surface area contributed by atoms with Crippen molar-refractivity contribution in [2.45, 2.75) is 12.5 Å². The summed E-state index contributed by atoms with van der Waals surface area (Å²) < 4.78 is 0. The molecular weight excluding hydrogens is 100 g/mol. The van der Waals surface area contributed by atoms with Crippen LogP contribution in [0.2, 0.25) is 0 Å². The zero-order valence-corrected chi connectivity index (χ0v) is 4.75. The zero-order chi connectivity index (χ0) is 5.98. The van der Waals surface area contributed by atoms with Gasteiger partial charge in [0.15, 0.2) is 0 Å². The second-order valence-electron chi connectivity index (χ2n) is 2.05. The fraction of sp³-hybridized carbons (Fsp3) is 0.429. The normalized spacial score (nSPS) is 35.6. The van der Waals surface area contributed by atoms with Gasteiger partial charge in [0.2, 0.25) is 0 Å². The molecule has 2 atom stereocenters. The Morgan fingerprint density at radius 2 is 2.50 bits per heavy atom. The highest BCUT2D eigenvalue weighted by Crippen LogP contribution is 2.18. The standard InChI is InChI=1S/C7H10O/c1-2-6-4-3-5-7(6)8/h2-3,5-8H,1,4H2/t6-,7-/m0/s1. The van der Waals surface area contributed by atoms with Gasteiger partial charge in [0.1, 0.15) is 0 Å². The molecule has 0 aromatic rings. The van der Waals surface area contributed by atoms with Crippen LogP contribution in [0.3, 0.4) is 0 Å². The lowest BCUT2D eigenvalue weighted by Gasteiger charge is -2.05. The van der Waals surface area contributed by atoms with Gasteiger partial charge in [0, 0.05) is 5.92 Å². The molecule has 1 aliphatic carbocycles. The molecule has 0 bridgehead atoms. The number of rotatable bonds is 1. The highest BCUT2D eigenvalue weighted by molar-refractivity contribution is 5.06. The molecular formula is C7H10O. The molecule has 44 valence electrons. The Morgan fingerprint density at radius 1 is 1.75 bits per heavy atom. The average molecular weight is 110 g/mol. The number of aliphatic hydroxyl groups excluding tert-OH is 1. The van der Waals surface area contributed by atoms with Crippen molar-refractivity contribution in [3.63, 3.8) is 0 Å². The van der Waals surface area contributed by atoms with Crippen molar-refractivity contribution in [3.05, 3.63) is 24.8 Å². The summed E-state index contributed by atoms with van der Waals surface area (Å²) in [5, 5.41) is 9.03. The first-order valence-electron chi connectivity index (χ1n) is 2.82. The average Bonchev–Trinajstić information content (AvgIpc) is 2.14. The summed E-state index contributed by atoms with van der Waals surface area (Å²) in [4.78, 5) is 0. The zero-order valence-electron chi connectivity index (χ0n) is 4.75. The van der Waals surface area contributed by atoms with E-state index < -0.39 is 0 Å². The monoisotopic (exact) mass is 110 g/mol. The Hall–Kier alpha value is -0.560. The highest BCUT2D eigenvalue weighted by Gasteiger charge is 2.15. The minimum Gasteiger partial charge on any atom is -0.388 e. The third kappa shape index (κ3) is 0.819. The van der Waals surface area contributed by atoms with Crippen molar-refractivity contribution < 1.29 is 5.11 Å². The molecule has 1 rings (SSSR count). The Labute approximate surface area is 49.3 Å². The van der Waals surface area contributed by atoms with E-state index in [2.05, 4.69) is 6.58 Å². The summed E-state index contributed by atoms with van der Waals surface area (Å²) >= 11 is 0. The smallest absolute Gasteiger partial charge is 0.0786 e. The van der Waals surface area contributed by atoms with Crippen LogP contribution in [0.5, 0.6) is 0 Å². The highest BCUT2D eigenvalue weighted by atomic mass is 16.3. The van der Waals surface area contributed by atoms with Crippen molar-refractivity contribution in [3.8, 4) is 0 Å². The SMILES string of the molecule is C=C[C@H]1CC=C[C@@H]1O. The lowest BCUT2D eigenvalue weighted by molar-refractivity contribution is 0.189. The van der Waals surface area contributed by atoms with Crippen LogP contribution in [0.1, 0.15) is 6.42 Å². The molecule has 0 unspecified atom stereocenters. The van der Waals surface area contributed by atoms with Gasteiger partial charge in [-0.3, -0.25) is 0 Å². The van der Waals surface area contributed by atoms with Crippen LogP contribution >= 0.6 is 0 Å². The first-order valence-corrected chi connectivity index (χ1v) is 2.82. The number of hydrogen-bond donors (Lipinski definition) is 1. The Balaban J connectivity index is 2.50. The molecule has 0 heterocycles. The first-order chi connectivity index (χ1) is 3.84. The molecule has 1 N–H and O–H groups in total. The van der Waals surface area contributed by atoms with Gasteiger partial charge in [-0.05, 0) is 6.42 Å². The van der Waals surface area contributed by atoms with E-state index in [1.54, 1.807) is 6.08 Å². The molecule has 1 nitrogen and oxygen atoms in total. The second-order valence-corrected chi connectivity index (χ2v) is 2.05. The van der Waals surface area contributed by atoms with Crippen LogP contribution in [0, 0.1) is 5.92 Å². The minimum absolute atomic E-state index is 0.271. The van der Waals surface area contributed by atoms with Crippen LogP contribution < -0.4 is 0 Å². The fourth-order valence-electron chi connectivity index (χ4n) is 0.893. The van der Waals surface area contributed by atoms with Crippen LogP contribution in [0.15, 0.2) is 24.8 Å². The van der Waals surface area contributed by atoms with E-state index in [1.165, 1.54) is 0 Å². The molecule has 0 spiro atoms. The Morgan fingerprint density at radius 3 is 2.75 bits per heavy atom. The maximum absolute atomic E-state index is 9.03. The van der Waals surface area contributed by atoms with E-state index in [-0.39, 0.29) is 12.0 Å². The topological polar surface area (TPSA) is 20.2 Å². The van der Waals surface area contributed by atoms with Gasteiger partial charge in [0.25, 0.3) is 0 Å². The van der Waals surface area contributed by atoms with E-state index >= 15 is 0 Å². The van der Waals surface area contributed by atoms with E-state index in [1.807, 2.05) is 12.2 Å². The van der Waals surface area contributed by atoms with Crippen molar-refractivity contribution in [2.24, 2.45) is 5.92 Å². The molecule has 1 aliphatic rings. The van der Waals surface area contributed by atoms with Crippen LogP contribution in [-0.2, 0) is 0 Å². The van der Waals surface area contributed by atoms with E-state index in [4.69, 9.17) is 5.11 Å². The lowest BCUT2D eigenvalue weighted by Crippen LogP contribution is -2.09. The summed E-state index contributed by atoms with van der Waals surface area (Å²) in [6.07, 6.45) is 6.27. The first kappa shape index (κ1) is 5.57. The quantitative estimate of drug-likeness (QED) is 0.501. The molecule has 0 aromatic heterocycles. The minimum atomic E-state index is -0.271. The maximum atomic E-state index is 9.03. The second kappa shape index (κ2) is 2.14. The molecule has 0 saturated carbocycles. The summed E-state index contributed by atoms with van der Waals surface area (Å²) in [5.74, 6) is 0.273. The molecule has 8 heavy (non-hydrogen) atoms. The van der Waals surface area contributed by atoms with Crippen LogP contribution in [0.25, 0.3) is 0 Å². The van der Waals surface area contributed by atoms with Gasteiger partial charge in [-0.1, -0.05) is 18.2 Å². The summed E-state index contributed by atoms with van der Waals surface area (Å²) in [5.41, 5.74) is 0. The van der Waals surface area contributed by atoms with Crippen molar-refractivity contribution in [1.82, 2.24) is 0 Å². The molecule has 0 aromatic carbocycles. The molecule has 0 radical (unpaired) electrons. The van der Waals surface area contributed by atoms with Crippen molar-refractivity contribution >= 4 is 0 Å². The third-order valence-corrected chi connectivity index (χ3v) is 1.48. The van der Waals surface area contributed by atoms with Crippen LogP contribution in [-0.4, -0.2) is 11.2 Å². The third-order valence-electron chi connectivity index (χ3n) is 1.48. The van der Waals surface area contributed by atoms with Crippen molar-refractivity contribution in [1.29, 1.82) is 0 Å². The number of aliphatic hydroxyl groups is 1. The van der Waals surface area contributed by atoms with Gasteiger partial charge in [0.05, 0.1) is 6.10 Å². The van der Waals surface area contributed by atoms with Gasteiger partial charge < -0.3 is 5.11 Å².